The standard InChI is InChI=1S/C17H22N4O2/c1-3-8-21-10-6-12-4-5-13(11-15(12)21)18-17(23)19-14-7-9-20(2)16(14)22/h4-6,10-11,14H,3,7-9H2,1-2H3,(H2,18,19,23). The van der Waals surface area contributed by atoms with Gasteiger partial charge in [0, 0.05) is 32.0 Å². The predicted molar refractivity (Wildman–Crippen MR) is 90.4 cm³/mol. The third-order valence-corrected chi connectivity index (χ3v) is 4.23. The molecule has 1 saturated heterocycles. The Labute approximate surface area is 135 Å². The number of aryl methyl sites for hydroxylation is 1. The van der Waals surface area contributed by atoms with Gasteiger partial charge in [-0.25, -0.2) is 4.79 Å². The van der Waals surface area contributed by atoms with Crippen molar-refractivity contribution in [3.8, 4) is 0 Å². The summed E-state index contributed by atoms with van der Waals surface area (Å²) >= 11 is 0. The van der Waals surface area contributed by atoms with Crippen LogP contribution in [0.2, 0.25) is 0 Å². The molecule has 0 aliphatic carbocycles. The van der Waals surface area contributed by atoms with Crippen LogP contribution in [0.5, 0.6) is 0 Å². The van der Waals surface area contributed by atoms with Crippen molar-refractivity contribution in [1.29, 1.82) is 0 Å². The van der Waals surface area contributed by atoms with E-state index in [1.54, 1.807) is 11.9 Å². The maximum absolute atomic E-state index is 12.1. The van der Waals surface area contributed by atoms with Gasteiger partial charge in [-0.15, -0.1) is 0 Å². The van der Waals surface area contributed by atoms with Gasteiger partial charge in [0.1, 0.15) is 6.04 Å². The summed E-state index contributed by atoms with van der Waals surface area (Å²) < 4.78 is 2.17. The molecule has 2 heterocycles. The Morgan fingerprint density at radius 1 is 1.35 bits per heavy atom. The van der Waals surface area contributed by atoms with Crippen LogP contribution in [0.25, 0.3) is 10.9 Å². The van der Waals surface area contributed by atoms with Crippen molar-refractivity contribution in [2.75, 3.05) is 18.9 Å². The summed E-state index contributed by atoms with van der Waals surface area (Å²) in [6.07, 6.45) is 3.77. The van der Waals surface area contributed by atoms with E-state index in [0.717, 1.165) is 29.6 Å². The molecule has 1 fully saturated rings. The van der Waals surface area contributed by atoms with E-state index in [1.165, 1.54) is 0 Å². The van der Waals surface area contributed by atoms with Gasteiger partial charge in [0.05, 0.1) is 5.52 Å². The zero-order chi connectivity index (χ0) is 16.4. The molecule has 0 bridgehead atoms. The maximum Gasteiger partial charge on any atom is 0.319 e. The fraction of sp³-hybridized carbons (Fsp3) is 0.412. The average Bonchev–Trinajstić information content (AvgIpc) is 3.06. The van der Waals surface area contributed by atoms with Gasteiger partial charge in [-0.3, -0.25) is 4.79 Å². The van der Waals surface area contributed by atoms with E-state index in [0.29, 0.717) is 13.0 Å². The molecule has 1 unspecified atom stereocenters. The second kappa shape index (κ2) is 6.32. The van der Waals surface area contributed by atoms with Gasteiger partial charge >= 0.3 is 6.03 Å². The minimum atomic E-state index is -0.423. The minimum Gasteiger partial charge on any atom is -0.347 e. The Bertz CT molecular complexity index is 737. The fourth-order valence-electron chi connectivity index (χ4n) is 2.98. The van der Waals surface area contributed by atoms with Crippen molar-refractivity contribution in [3.05, 3.63) is 30.5 Å². The lowest BCUT2D eigenvalue weighted by atomic mass is 10.2. The molecule has 0 saturated carbocycles. The van der Waals surface area contributed by atoms with Crippen LogP contribution in [0.15, 0.2) is 30.5 Å². The van der Waals surface area contributed by atoms with Crippen LogP contribution in [0.1, 0.15) is 19.8 Å². The highest BCUT2D eigenvalue weighted by Crippen LogP contribution is 2.21. The van der Waals surface area contributed by atoms with Crippen LogP contribution in [0.3, 0.4) is 0 Å². The molecule has 23 heavy (non-hydrogen) atoms. The zero-order valence-electron chi connectivity index (χ0n) is 13.5. The molecule has 6 heteroatoms. The number of amides is 3. The van der Waals surface area contributed by atoms with Crippen molar-refractivity contribution in [1.82, 2.24) is 14.8 Å². The summed E-state index contributed by atoms with van der Waals surface area (Å²) in [5.74, 6) is -0.0348. The van der Waals surface area contributed by atoms with Gasteiger partial charge < -0.3 is 20.1 Å². The maximum atomic E-state index is 12.1. The molecule has 0 radical (unpaired) electrons. The van der Waals surface area contributed by atoms with Crippen molar-refractivity contribution < 1.29 is 9.59 Å². The molecule has 1 aliphatic rings. The number of nitrogens with one attached hydrogen (secondary N) is 2. The number of likely N-dealkylation sites (N-methyl/N-ethyl adjacent to an activating group) is 1. The first-order valence-corrected chi connectivity index (χ1v) is 8.00. The highest BCUT2D eigenvalue weighted by Gasteiger charge is 2.30. The normalized spacial score (nSPS) is 17.7. The van der Waals surface area contributed by atoms with Crippen LogP contribution in [-0.4, -0.2) is 41.0 Å². The summed E-state index contributed by atoms with van der Waals surface area (Å²) in [6.45, 7) is 3.76. The van der Waals surface area contributed by atoms with Gasteiger partial charge in [-0.1, -0.05) is 13.0 Å². The third-order valence-electron chi connectivity index (χ3n) is 4.23. The number of likely N-dealkylation sites (tertiary alicyclic amines) is 1. The Morgan fingerprint density at radius 3 is 2.87 bits per heavy atom. The number of nitrogens with zero attached hydrogens (tertiary/aromatic N) is 2. The van der Waals surface area contributed by atoms with Crippen LogP contribution in [0.4, 0.5) is 10.5 Å². The fourth-order valence-corrected chi connectivity index (χ4v) is 2.98. The molecule has 3 rings (SSSR count). The summed E-state index contributed by atoms with van der Waals surface area (Å²) in [5.41, 5.74) is 1.83. The van der Waals surface area contributed by atoms with Crippen LogP contribution in [-0.2, 0) is 11.3 Å². The second-order valence-electron chi connectivity index (χ2n) is 5.98. The Balaban J connectivity index is 1.69. The predicted octanol–water partition coefficient (Wildman–Crippen LogP) is 2.40. The van der Waals surface area contributed by atoms with Gasteiger partial charge in [-0.2, -0.15) is 0 Å². The largest absolute Gasteiger partial charge is 0.347 e. The summed E-state index contributed by atoms with van der Waals surface area (Å²) in [4.78, 5) is 25.6. The second-order valence-corrected chi connectivity index (χ2v) is 5.98. The van der Waals surface area contributed by atoms with Crippen LogP contribution in [0, 0.1) is 0 Å². The van der Waals surface area contributed by atoms with E-state index < -0.39 is 6.04 Å². The first-order valence-electron chi connectivity index (χ1n) is 8.00. The van der Waals surface area contributed by atoms with Crippen LogP contribution < -0.4 is 10.6 Å². The lowest BCUT2D eigenvalue weighted by molar-refractivity contribution is -0.128. The topological polar surface area (TPSA) is 66.4 Å². The molecule has 1 atom stereocenters. The van der Waals surface area contributed by atoms with Gasteiger partial charge in [0.2, 0.25) is 5.91 Å². The van der Waals surface area contributed by atoms with Crippen molar-refractivity contribution in [3.63, 3.8) is 0 Å². The Kier molecular flexibility index (Phi) is 4.23. The number of hydrogen-bond donors (Lipinski definition) is 2. The quantitative estimate of drug-likeness (QED) is 0.910. The van der Waals surface area contributed by atoms with Crippen molar-refractivity contribution in [2.24, 2.45) is 0 Å². The van der Waals surface area contributed by atoms with E-state index in [-0.39, 0.29) is 11.9 Å². The van der Waals surface area contributed by atoms with Gasteiger partial charge in [0.15, 0.2) is 0 Å². The number of rotatable bonds is 4. The van der Waals surface area contributed by atoms with Crippen LogP contribution >= 0.6 is 0 Å². The third kappa shape index (κ3) is 3.16. The summed E-state index contributed by atoms with van der Waals surface area (Å²) in [7, 11) is 1.75. The smallest absolute Gasteiger partial charge is 0.319 e. The lowest BCUT2D eigenvalue weighted by Gasteiger charge is -2.13. The summed E-state index contributed by atoms with van der Waals surface area (Å²) in [5, 5.41) is 6.71. The van der Waals surface area contributed by atoms with Crippen molar-refractivity contribution >= 4 is 28.5 Å². The Morgan fingerprint density at radius 2 is 2.17 bits per heavy atom. The number of aromatic nitrogens is 1. The van der Waals surface area contributed by atoms with E-state index in [4.69, 9.17) is 0 Å². The minimum absolute atomic E-state index is 0.0348. The average molecular weight is 314 g/mol. The first-order chi connectivity index (χ1) is 11.1. The molecule has 1 aliphatic heterocycles. The molecule has 1 aromatic heterocycles. The van der Waals surface area contributed by atoms with Gasteiger partial charge in [-0.05, 0) is 36.4 Å². The van der Waals surface area contributed by atoms with E-state index in [2.05, 4.69) is 34.4 Å². The number of anilines is 1. The molecule has 6 nitrogen and oxygen atoms in total. The molecule has 122 valence electrons. The number of fused-ring (bicyclic) bond motifs is 1. The monoisotopic (exact) mass is 314 g/mol. The molecule has 1 aromatic carbocycles. The number of carbonyl (C=O) groups is 2. The molecule has 2 aromatic rings. The molecular formula is C17H22N4O2. The number of carbonyl (C=O) groups excluding carboxylic acids is 2. The molecule has 2 N–H and O–H groups in total. The van der Waals surface area contributed by atoms with E-state index >= 15 is 0 Å². The highest BCUT2D eigenvalue weighted by molar-refractivity contribution is 5.96. The molecule has 3 amide bonds. The SMILES string of the molecule is CCCn1ccc2ccc(NC(=O)NC3CCN(C)C3=O)cc21. The number of benzene rings is 1. The van der Waals surface area contributed by atoms with E-state index in [1.807, 2.05) is 18.2 Å². The van der Waals surface area contributed by atoms with Crippen molar-refractivity contribution in [2.45, 2.75) is 32.4 Å². The molecular weight excluding hydrogens is 292 g/mol. The number of hydrogen-bond acceptors (Lipinski definition) is 2. The lowest BCUT2D eigenvalue weighted by Crippen LogP contribution is -2.42. The number of urea groups is 1. The first kappa shape index (κ1) is 15.4. The van der Waals surface area contributed by atoms with Gasteiger partial charge in [0.25, 0.3) is 0 Å². The van der Waals surface area contributed by atoms with E-state index in [9.17, 15) is 9.59 Å². The summed E-state index contributed by atoms with van der Waals surface area (Å²) in [6, 6.07) is 7.14. The zero-order valence-corrected chi connectivity index (χ0v) is 13.5. The Hall–Kier alpha value is -2.50. The molecule has 0 spiro atoms. The highest BCUT2D eigenvalue weighted by atomic mass is 16.2.